The Labute approximate surface area is 184 Å². The molecular weight excluding hydrogens is 411 g/mol. The SMILES string of the molecule is Cc1ccc(C)c(N2CCN(C(=O)c3c[nH]c(=O)n(Cc4ccccc4F)c3=O)CC2)c1. The van der Waals surface area contributed by atoms with Gasteiger partial charge in [0, 0.05) is 43.6 Å². The number of aromatic nitrogens is 2. The standard InChI is InChI=1S/C24H25FN4O3/c1-16-7-8-17(2)21(13-16)27-9-11-28(12-10-27)22(30)19-14-26-24(32)29(23(19)31)15-18-5-3-4-6-20(18)25/h3-8,13-14H,9-12,15H2,1-2H3,(H,26,32). The highest BCUT2D eigenvalue weighted by Crippen LogP contribution is 2.23. The van der Waals surface area contributed by atoms with E-state index >= 15 is 0 Å². The largest absolute Gasteiger partial charge is 0.368 e. The number of aromatic amines is 1. The lowest BCUT2D eigenvalue weighted by atomic mass is 10.1. The molecule has 1 fully saturated rings. The number of benzene rings is 2. The molecule has 0 aliphatic carbocycles. The zero-order valence-corrected chi connectivity index (χ0v) is 18.1. The molecular formula is C24H25FN4O3. The number of amides is 1. The summed E-state index contributed by atoms with van der Waals surface area (Å²) in [5.74, 6) is -0.952. The molecule has 0 unspecified atom stereocenters. The normalized spacial score (nSPS) is 14.0. The molecule has 7 nitrogen and oxygen atoms in total. The van der Waals surface area contributed by atoms with Gasteiger partial charge < -0.3 is 14.8 Å². The Hall–Kier alpha value is -3.68. The van der Waals surface area contributed by atoms with E-state index in [0.29, 0.717) is 26.2 Å². The van der Waals surface area contributed by atoms with Crippen molar-refractivity contribution < 1.29 is 9.18 Å². The molecule has 1 amide bonds. The smallest absolute Gasteiger partial charge is 0.328 e. The van der Waals surface area contributed by atoms with E-state index in [-0.39, 0.29) is 17.7 Å². The van der Waals surface area contributed by atoms with Gasteiger partial charge in [0.2, 0.25) is 0 Å². The van der Waals surface area contributed by atoms with Crippen molar-refractivity contribution in [3.8, 4) is 0 Å². The Bertz CT molecular complexity index is 1270. The number of hydrogen-bond donors (Lipinski definition) is 1. The highest BCUT2D eigenvalue weighted by Gasteiger charge is 2.26. The van der Waals surface area contributed by atoms with E-state index in [1.54, 1.807) is 11.0 Å². The van der Waals surface area contributed by atoms with Crippen LogP contribution in [0.2, 0.25) is 0 Å². The predicted molar refractivity (Wildman–Crippen MR) is 121 cm³/mol. The molecule has 0 spiro atoms. The number of hydrogen-bond acceptors (Lipinski definition) is 4. The molecule has 2 aromatic carbocycles. The van der Waals surface area contributed by atoms with Crippen LogP contribution in [0.25, 0.3) is 0 Å². The highest BCUT2D eigenvalue weighted by atomic mass is 19.1. The van der Waals surface area contributed by atoms with E-state index in [1.165, 1.54) is 29.3 Å². The fourth-order valence-electron chi connectivity index (χ4n) is 3.99. The van der Waals surface area contributed by atoms with E-state index in [0.717, 1.165) is 16.5 Å². The molecule has 0 bridgehead atoms. The first kappa shape index (κ1) is 21.5. The van der Waals surface area contributed by atoms with Gasteiger partial charge in [-0.2, -0.15) is 0 Å². The molecule has 0 saturated carbocycles. The Kier molecular flexibility index (Phi) is 5.94. The van der Waals surface area contributed by atoms with E-state index in [9.17, 15) is 18.8 Å². The number of halogens is 1. The van der Waals surface area contributed by atoms with Gasteiger partial charge in [-0.3, -0.25) is 14.2 Å². The summed E-state index contributed by atoms with van der Waals surface area (Å²) >= 11 is 0. The molecule has 1 saturated heterocycles. The molecule has 1 aliphatic rings. The van der Waals surface area contributed by atoms with Gasteiger partial charge in [0.05, 0.1) is 6.54 Å². The van der Waals surface area contributed by atoms with Gasteiger partial charge in [0.1, 0.15) is 11.4 Å². The van der Waals surface area contributed by atoms with Gasteiger partial charge in [-0.1, -0.05) is 30.3 Å². The molecule has 166 valence electrons. The second-order valence-electron chi connectivity index (χ2n) is 8.06. The Morgan fingerprint density at radius 1 is 1.03 bits per heavy atom. The van der Waals surface area contributed by atoms with E-state index in [2.05, 4.69) is 35.0 Å². The molecule has 2 heterocycles. The van der Waals surface area contributed by atoms with E-state index in [4.69, 9.17) is 0 Å². The van der Waals surface area contributed by atoms with Gasteiger partial charge in [-0.05, 0) is 37.1 Å². The van der Waals surface area contributed by atoms with Crippen LogP contribution in [0.15, 0.2) is 58.3 Å². The monoisotopic (exact) mass is 436 g/mol. The molecule has 0 atom stereocenters. The summed E-state index contributed by atoms with van der Waals surface area (Å²) in [5.41, 5.74) is 2.16. The first-order valence-electron chi connectivity index (χ1n) is 10.5. The maximum atomic E-state index is 14.0. The third kappa shape index (κ3) is 4.21. The summed E-state index contributed by atoms with van der Waals surface area (Å²) < 4.78 is 14.9. The molecule has 3 aromatic rings. The third-order valence-electron chi connectivity index (χ3n) is 5.85. The van der Waals surface area contributed by atoms with Crippen LogP contribution in [-0.2, 0) is 6.54 Å². The molecule has 1 aromatic heterocycles. The van der Waals surface area contributed by atoms with Crippen molar-refractivity contribution in [1.29, 1.82) is 0 Å². The minimum atomic E-state index is -0.723. The van der Waals surface area contributed by atoms with Crippen molar-refractivity contribution >= 4 is 11.6 Å². The second-order valence-corrected chi connectivity index (χ2v) is 8.06. The zero-order chi connectivity index (χ0) is 22.8. The van der Waals surface area contributed by atoms with Gasteiger partial charge in [-0.15, -0.1) is 0 Å². The Morgan fingerprint density at radius 3 is 2.47 bits per heavy atom. The fourth-order valence-corrected chi connectivity index (χ4v) is 3.99. The van der Waals surface area contributed by atoms with Crippen LogP contribution in [0, 0.1) is 19.7 Å². The van der Waals surface area contributed by atoms with Crippen molar-refractivity contribution in [3.63, 3.8) is 0 Å². The minimum absolute atomic E-state index is 0.124. The first-order chi connectivity index (χ1) is 15.3. The Balaban J connectivity index is 1.53. The molecule has 1 N–H and O–H groups in total. The number of carbonyl (C=O) groups is 1. The first-order valence-corrected chi connectivity index (χ1v) is 10.5. The van der Waals surface area contributed by atoms with Crippen LogP contribution >= 0.6 is 0 Å². The van der Waals surface area contributed by atoms with Crippen molar-refractivity contribution in [2.24, 2.45) is 0 Å². The molecule has 1 aliphatic heterocycles. The lowest BCUT2D eigenvalue weighted by Crippen LogP contribution is -2.50. The van der Waals surface area contributed by atoms with Gasteiger partial charge in [0.15, 0.2) is 0 Å². The van der Waals surface area contributed by atoms with E-state index in [1.807, 2.05) is 6.92 Å². The molecule has 8 heteroatoms. The minimum Gasteiger partial charge on any atom is -0.368 e. The number of nitrogens with zero attached hydrogens (tertiary/aromatic N) is 3. The van der Waals surface area contributed by atoms with Gasteiger partial charge >= 0.3 is 5.69 Å². The maximum absolute atomic E-state index is 14.0. The number of nitrogens with one attached hydrogen (secondary N) is 1. The van der Waals surface area contributed by atoms with Gasteiger partial charge in [0.25, 0.3) is 11.5 Å². The van der Waals surface area contributed by atoms with Crippen molar-refractivity contribution in [2.75, 3.05) is 31.1 Å². The quantitative estimate of drug-likeness (QED) is 0.681. The summed E-state index contributed by atoms with van der Waals surface area (Å²) in [6.07, 6.45) is 1.15. The third-order valence-corrected chi connectivity index (χ3v) is 5.85. The highest BCUT2D eigenvalue weighted by molar-refractivity contribution is 5.93. The van der Waals surface area contributed by atoms with Crippen LogP contribution in [0.3, 0.4) is 0 Å². The summed E-state index contributed by atoms with van der Waals surface area (Å²) in [6, 6.07) is 12.2. The average Bonchev–Trinajstić information content (AvgIpc) is 2.79. The summed E-state index contributed by atoms with van der Waals surface area (Å²) in [5, 5.41) is 0. The predicted octanol–water partition coefficient (Wildman–Crippen LogP) is 2.30. The Morgan fingerprint density at radius 2 is 1.75 bits per heavy atom. The summed E-state index contributed by atoms with van der Waals surface area (Å²) in [4.78, 5) is 44.5. The maximum Gasteiger partial charge on any atom is 0.328 e. The number of rotatable bonds is 4. The number of H-pyrrole nitrogens is 1. The lowest BCUT2D eigenvalue weighted by Gasteiger charge is -2.36. The summed E-state index contributed by atoms with van der Waals surface area (Å²) in [6.45, 7) is 6.06. The van der Waals surface area contributed by atoms with Crippen LogP contribution in [-0.4, -0.2) is 46.5 Å². The number of carbonyl (C=O) groups excluding carboxylic acids is 1. The topological polar surface area (TPSA) is 78.4 Å². The summed E-state index contributed by atoms with van der Waals surface area (Å²) in [7, 11) is 0. The average molecular weight is 436 g/mol. The molecule has 0 radical (unpaired) electrons. The number of anilines is 1. The van der Waals surface area contributed by atoms with Crippen molar-refractivity contribution in [3.05, 3.63) is 97.6 Å². The van der Waals surface area contributed by atoms with Crippen molar-refractivity contribution in [2.45, 2.75) is 20.4 Å². The van der Waals surface area contributed by atoms with Crippen LogP contribution in [0.4, 0.5) is 10.1 Å². The number of aryl methyl sites for hydroxylation is 2. The fraction of sp³-hybridized carbons (Fsp3) is 0.292. The molecule has 32 heavy (non-hydrogen) atoms. The lowest BCUT2D eigenvalue weighted by molar-refractivity contribution is 0.0743. The van der Waals surface area contributed by atoms with Crippen LogP contribution in [0.1, 0.15) is 27.0 Å². The number of piperazine rings is 1. The van der Waals surface area contributed by atoms with Crippen molar-refractivity contribution in [1.82, 2.24) is 14.5 Å². The zero-order valence-electron chi connectivity index (χ0n) is 18.1. The van der Waals surface area contributed by atoms with Crippen LogP contribution < -0.4 is 16.1 Å². The van der Waals surface area contributed by atoms with Gasteiger partial charge in [-0.25, -0.2) is 9.18 Å². The van der Waals surface area contributed by atoms with Crippen LogP contribution in [0.5, 0.6) is 0 Å². The van der Waals surface area contributed by atoms with E-state index < -0.39 is 23.0 Å². The molecule has 4 rings (SSSR count). The second kappa shape index (κ2) is 8.82.